The van der Waals surface area contributed by atoms with E-state index in [1.807, 2.05) is 13.8 Å². The molecule has 0 aliphatic rings. The summed E-state index contributed by atoms with van der Waals surface area (Å²) < 4.78 is 33.4. The van der Waals surface area contributed by atoms with E-state index < -0.39 is 30.1 Å². The van der Waals surface area contributed by atoms with E-state index in [0.717, 1.165) is 18.2 Å². The van der Waals surface area contributed by atoms with Crippen molar-refractivity contribution in [3.05, 3.63) is 53.4 Å². The number of hydrogen-bond donors (Lipinski definition) is 1. The standard InChI is InChI=1S/C19H18F2N4O3/c1-10(2)25-18-14(8-22-25)13(6-11(3)23-18)19(27)28-9-17(26)24-16-7-12(20)4-5-15(16)21/h4-8,10H,9H2,1-3H3,(H,24,26). The highest BCUT2D eigenvalue weighted by atomic mass is 19.1. The Kier molecular flexibility index (Phi) is 5.34. The monoisotopic (exact) mass is 388 g/mol. The largest absolute Gasteiger partial charge is 0.452 e. The highest BCUT2D eigenvalue weighted by Gasteiger charge is 2.19. The zero-order valence-corrected chi connectivity index (χ0v) is 15.5. The molecule has 0 spiro atoms. The Labute approximate surface area is 159 Å². The minimum absolute atomic E-state index is 0.0441. The lowest BCUT2D eigenvalue weighted by Crippen LogP contribution is -2.21. The van der Waals surface area contributed by atoms with Crippen molar-refractivity contribution in [3.63, 3.8) is 0 Å². The van der Waals surface area contributed by atoms with Gasteiger partial charge < -0.3 is 10.1 Å². The van der Waals surface area contributed by atoms with Crippen LogP contribution in [0.2, 0.25) is 0 Å². The highest BCUT2D eigenvalue weighted by molar-refractivity contribution is 6.03. The molecule has 0 bridgehead atoms. The van der Waals surface area contributed by atoms with Crippen molar-refractivity contribution in [3.8, 4) is 0 Å². The summed E-state index contributed by atoms with van der Waals surface area (Å²) >= 11 is 0. The fourth-order valence-corrected chi connectivity index (χ4v) is 2.68. The fraction of sp³-hybridized carbons (Fsp3) is 0.263. The molecular formula is C19H18F2N4O3. The van der Waals surface area contributed by atoms with Crippen molar-refractivity contribution in [2.45, 2.75) is 26.8 Å². The van der Waals surface area contributed by atoms with E-state index in [0.29, 0.717) is 16.7 Å². The summed E-state index contributed by atoms with van der Waals surface area (Å²) in [7, 11) is 0. The predicted molar refractivity (Wildman–Crippen MR) is 97.9 cm³/mol. The summed E-state index contributed by atoms with van der Waals surface area (Å²) in [5.41, 5.74) is 1.02. The van der Waals surface area contributed by atoms with Crippen LogP contribution < -0.4 is 5.32 Å². The number of esters is 1. The lowest BCUT2D eigenvalue weighted by molar-refractivity contribution is -0.119. The minimum Gasteiger partial charge on any atom is -0.452 e. The molecule has 1 amide bonds. The van der Waals surface area contributed by atoms with E-state index >= 15 is 0 Å². The van der Waals surface area contributed by atoms with Crippen LogP contribution >= 0.6 is 0 Å². The highest BCUT2D eigenvalue weighted by Crippen LogP contribution is 2.22. The number of nitrogens with zero attached hydrogens (tertiary/aromatic N) is 3. The third-order valence-corrected chi connectivity index (χ3v) is 3.94. The van der Waals surface area contributed by atoms with Gasteiger partial charge in [-0.2, -0.15) is 5.10 Å². The van der Waals surface area contributed by atoms with Crippen LogP contribution in [0.5, 0.6) is 0 Å². The second-order valence-electron chi connectivity index (χ2n) is 6.48. The summed E-state index contributed by atoms with van der Waals surface area (Å²) in [6, 6.07) is 4.24. The summed E-state index contributed by atoms with van der Waals surface area (Å²) in [4.78, 5) is 28.8. The number of pyridine rings is 1. The van der Waals surface area contributed by atoms with Crippen molar-refractivity contribution in [1.82, 2.24) is 14.8 Å². The second kappa shape index (κ2) is 7.71. The van der Waals surface area contributed by atoms with Gasteiger partial charge in [-0.1, -0.05) is 0 Å². The first-order chi connectivity index (χ1) is 13.3. The summed E-state index contributed by atoms with van der Waals surface area (Å²) in [6.07, 6.45) is 1.51. The van der Waals surface area contributed by atoms with E-state index in [-0.39, 0.29) is 17.3 Å². The van der Waals surface area contributed by atoms with E-state index in [4.69, 9.17) is 4.74 Å². The van der Waals surface area contributed by atoms with E-state index in [1.165, 1.54) is 6.20 Å². The molecule has 0 aliphatic heterocycles. The van der Waals surface area contributed by atoms with Crippen LogP contribution in [0.1, 0.15) is 35.9 Å². The third-order valence-electron chi connectivity index (χ3n) is 3.94. The molecule has 3 rings (SSSR count). The van der Waals surface area contributed by atoms with Gasteiger partial charge in [0.25, 0.3) is 5.91 Å². The van der Waals surface area contributed by atoms with Crippen LogP contribution in [0.25, 0.3) is 11.0 Å². The SMILES string of the molecule is Cc1cc(C(=O)OCC(=O)Nc2cc(F)ccc2F)c2cnn(C(C)C)c2n1. The summed E-state index contributed by atoms with van der Waals surface area (Å²) in [5.74, 6) is -3.04. The lowest BCUT2D eigenvalue weighted by Gasteiger charge is -2.10. The quantitative estimate of drug-likeness (QED) is 0.677. The van der Waals surface area contributed by atoms with Crippen LogP contribution in [-0.4, -0.2) is 33.2 Å². The Morgan fingerprint density at radius 1 is 1.25 bits per heavy atom. The van der Waals surface area contributed by atoms with Crippen molar-refractivity contribution in [2.75, 3.05) is 11.9 Å². The molecular weight excluding hydrogens is 370 g/mol. The number of hydrogen-bond acceptors (Lipinski definition) is 5. The number of aromatic nitrogens is 3. The van der Waals surface area contributed by atoms with Crippen molar-refractivity contribution in [1.29, 1.82) is 0 Å². The number of carbonyl (C=O) groups excluding carboxylic acids is 2. The van der Waals surface area contributed by atoms with Crippen molar-refractivity contribution >= 4 is 28.6 Å². The van der Waals surface area contributed by atoms with Gasteiger partial charge in [0.2, 0.25) is 0 Å². The van der Waals surface area contributed by atoms with Gasteiger partial charge in [0.15, 0.2) is 12.3 Å². The van der Waals surface area contributed by atoms with Crippen LogP contribution in [0.3, 0.4) is 0 Å². The second-order valence-corrected chi connectivity index (χ2v) is 6.48. The van der Waals surface area contributed by atoms with Crippen LogP contribution in [-0.2, 0) is 9.53 Å². The minimum atomic E-state index is -0.798. The zero-order chi connectivity index (χ0) is 20.4. The fourth-order valence-electron chi connectivity index (χ4n) is 2.68. The lowest BCUT2D eigenvalue weighted by atomic mass is 10.1. The first-order valence-electron chi connectivity index (χ1n) is 8.53. The van der Waals surface area contributed by atoms with E-state index in [2.05, 4.69) is 15.4 Å². The number of aryl methyl sites for hydroxylation is 1. The van der Waals surface area contributed by atoms with E-state index in [9.17, 15) is 18.4 Å². The van der Waals surface area contributed by atoms with Crippen LogP contribution in [0.4, 0.5) is 14.5 Å². The average molecular weight is 388 g/mol. The number of halogens is 2. The third kappa shape index (κ3) is 3.98. The first kappa shape index (κ1) is 19.4. The molecule has 2 aromatic heterocycles. The molecule has 0 saturated carbocycles. The molecule has 3 aromatic rings. The van der Waals surface area contributed by atoms with Crippen LogP contribution in [0, 0.1) is 18.6 Å². The van der Waals surface area contributed by atoms with Gasteiger partial charge in [-0.3, -0.25) is 4.79 Å². The maximum atomic E-state index is 13.6. The Hall–Kier alpha value is -3.36. The molecule has 0 unspecified atom stereocenters. The molecule has 0 saturated heterocycles. The van der Waals surface area contributed by atoms with Gasteiger partial charge >= 0.3 is 5.97 Å². The van der Waals surface area contributed by atoms with Gasteiger partial charge in [0, 0.05) is 17.8 Å². The first-order valence-corrected chi connectivity index (χ1v) is 8.53. The molecule has 7 nitrogen and oxygen atoms in total. The predicted octanol–water partition coefficient (Wildman–Crippen LogP) is 3.39. The topological polar surface area (TPSA) is 86.1 Å². The molecule has 0 atom stereocenters. The number of nitrogens with one attached hydrogen (secondary N) is 1. The molecule has 0 radical (unpaired) electrons. The molecule has 1 aromatic carbocycles. The normalized spacial score (nSPS) is 11.1. The smallest absolute Gasteiger partial charge is 0.339 e. The number of amides is 1. The Bertz CT molecular complexity index is 1060. The van der Waals surface area contributed by atoms with Crippen molar-refractivity contribution < 1.29 is 23.1 Å². The molecule has 1 N–H and O–H groups in total. The van der Waals surface area contributed by atoms with Crippen molar-refractivity contribution in [2.24, 2.45) is 0 Å². The van der Waals surface area contributed by atoms with E-state index in [1.54, 1.807) is 17.7 Å². The molecule has 146 valence electrons. The zero-order valence-electron chi connectivity index (χ0n) is 15.5. The molecule has 28 heavy (non-hydrogen) atoms. The number of ether oxygens (including phenoxy) is 1. The molecule has 9 heteroatoms. The Morgan fingerprint density at radius 2 is 2.00 bits per heavy atom. The van der Waals surface area contributed by atoms with Crippen LogP contribution in [0.15, 0.2) is 30.5 Å². The number of carbonyl (C=O) groups is 2. The molecule has 2 heterocycles. The van der Waals surface area contributed by atoms with Gasteiger partial charge in [0.1, 0.15) is 11.6 Å². The molecule has 0 fully saturated rings. The van der Waals surface area contributed by atoms with Gasteiger partial charge in [-0.15, -0.1) is 0 Å². The number of fused-ring (bicyclic) bond motifs is 1. The number of anilines is 1. The maximum Gasteiger partial charge on any atom is 0.339 e. The summed E-state index contributed by atoms with van der Waals surface area (Å²) in [6.45, 7) is 4.94. The van der Waals surface area contributed by atoms with Gasteiger partial charge in [-0.25, -0.2) is 23.2 Å². The number of benzene rings is 1. The number of rotatable bonds is 5. The molecule has 0 aliphatic carbocycles. The average Bonchev–Trinajstić information content (AvgIpc) is 3.06. The van der Waals surface area contributed by atoms with Gasteiger partial charge in [0.05, 0.1) is 22.8 Å². The van der Waals surface area contributed by atoms with Gasteiger partial charge in [-0.05, 0) is 39.0 Å². The maximum absolute atomic E-state index is 13.6. The Morgan fingerprint density at radius 3 is 2.71 bits per heavy atom. The summed E-state index contributed by atoms with van der Waals surface area (Å²) in [5, 5.41) is 6.90. The Balaban J connectivity index is 1.74.